The lowest BCUT2D eigenvalue weighted by molar-refractivity contribution is -0.119. The van der Waals surface area contributed by atoms with Crippen LogP contribution in [0.2, 0.25) is 5.02 Å². The summed E-state index contributed by atoms with van der Waals surface area (Å²) in [4.78, 5) is 11.9. The third-order valence-corrected chi connectivity index (χ3v) is 4.21. The van der Waals surface area contributed by atoms with Crippen molar-refractivity contribution in [2.24, 2.45) is 5.10 Å². The molecule has 0 radical (unpaired) electrons. The zero-order valence-corrected chi connectivity index (χ0v) is 15.4. The fourth-order valence-electron chi connectivity index (χ4n) is 2.59. The number of carbonyl (C=O) groups is 1. The first-order valence-corrected chi connectivity index (χ1v) is 8.86. The quantitative estimate of drug-likeness (QED) is 0.487. The van der Waals surface area contributed by atoms with Crippen molar-refractivity contribution in [3.63, 3.8) is 0 Å². The summed E-state index contributed by atoms with van der Waals surface area (Å²) in [6.07, 6.45) is 1.44. The summed E-state index contributed by atoms with van der Waals surface area (Å²) in [5.41, 5.74) is 4.10. The second kappa shape index (κ2) is 8.06. The Balaban J connectivity index is 1.27. The first-order chi connectivity index (χ1) is 13.7. The van der Waals surface area contributed by atoms with Crippen LogP contribution in [-0.2, 0) is 4.79 Å². The molecule has 0 aliphatic carbocycles. The largest absolute Gasteiger partial charge is 0.455 e. The average molecular weight is 398 g/mol. The molecule has 0 saturated carbocycles. The van der Waals surface area contributed by atoms with E-state index < -0.39 is 0 Å². The van der Waals surface area contributed by atoms with Gasteiger partial charge in [0.1, 0.15) is 11.5 Å². The molecular weight excluding hydrogens is 382 g/mol. The van der Waals surface area contributed by atoms with E-state index in [-0.39, 0.29) is 19.2 Å². The fourth-order valence-corrected chi connectivity index (χ4v) is 2.71. The number of nitrogens with zero attached hydrogens (tertiary/aromatic N) is 1. The third-order valence-electron chi connectivity index (χ3n) is 3.96. The van der Waals surface area contributed by atoms with Gasteiger partial charge in [-0.2, -0.15) is 5.10 Å². The van der Waals surface area contributed by atoms with Crippen molar-refractivity contribution >= 4 is 29.4 Å². The van der Waals surface area contributed by atoms with Crippen LogP contribution in [0.5, 0.6) is 11.5 Å². The second-order valence-corrected chi connectivity index (χ2v) is 6.36. The summed E-state index contributed by atoms with van der Waals surface area (Å²) in [6, 6.07) is 16.3. The van der Waals surface area contributed by atoms with Crippen LogP contribution in [-0.4, -0.2) is 25.5 Å². The lowest BCUT2D eigenvalue weighted by Gasteiger charge is -2.06. The highest BCUT2D eigenvalue weighted by atomic mass is 35.5. The Kier molecular flexibility index (Phi) is 5.16. The monoisotopic (exact) mass is 397 g/mol. The van der Waals surface area contributed by atoms with Crippen LogP contribution in [0.1, 0.15) is 5.76 Å². The molecule has 0 atom stereocenters. The number of anilines is 1. The van der Waals surface area contributed by atoms with Crippen LogP contribution in [0.15, 0.2) is 64.1 Å². The molecule has 1 aliphatic rings. The van der Waals surface area contributed by atoms with Gasteiger partial charge in [-0.05, 0) is 48.5 Å². The van der Waals surface area contributed by atoms with Crippen molar-refractivity contribution in [3.05, 3.63) is 65.4 Å². The predicted molar refractivity (Wildman–Crippen MR) is 106 cm³/mol. The number of hydrogen-bond acceptors (Lipinski definition) is 6. The maximum absolute atomic E-state index is 11.9. The van der Waals surface area contributed by atoms with Gasteiger partial charge in [-0.3, -0.25) is 4.79 Å². The summed E-state index contributed by atoms with van der Waals surface area (Å²) in [5, 5.41) is 7.57. The molecule has 28 heavy (non-hydrogen) atoms. The van der Waals surface area contributed by atoms with Crippen LogP contribution in [0.25, 0.3) is 11.3 Å². The van der Waals surface area contributed by atoms with Crippen LogP contribution < -0.4 is 20.2 Å². The summed E-state index contributed by atoms with van der Waals surface area (Å²) >= 11 is 5.88. The van der Waals surface area contributed by atoms with E-state index >= 15 is 0 Å². The molecule has 0 saturated heterocycles. The number of halogens is 1. The number of fused-ring (bicyclic) bond motifs is 1. The standard InChI is InChI=1S/C20H16ClN3O4/c21-14-3-1-13(2-4-14)17-8-6-16(28-17)10-23-24-20(25)11-22-15-5-7-18-19(9-15)27-12-26-18/h1-10,22H,11-12H2,(H,24,25)/b23-10-. The molecule has 0 spiro atoms. The molecule has 2 N–H and O–H groups in total. The van der Waals surface area contributed by atoms with Crippen LogP contribution >= 0.6 is 11.6 Å². The zero-order chi connectivity index (χ0) is 19.3. The molecule has 8 heteroatoms. The van der Waals surface area contributed by atoms with Crippen molar-refractivity contribution in [3.8, 4) is 22.8 Å². The zero-order valence-electron chi connectivity index (χ0n) is 14.6. The molecule has 0 unspecified atom stereocenters. The molecule has 1 aliphatic heterocycles. The van der Waals surface area contributed by atoms with Crippen LogP contribution in [0, 0.1) is 0 Å². The normalized spacial score (nSPS) is 12.3. The first-order valence-electron chi connectivity index (χ1n) is 8.48. The maximum Gasteiger partial charge on any atom is 0.259 e. The highest BCUT2D eigenvalue weighted by molar-refractivity contribution is 6.30. The molecule has 1 aromatic heterocycles. The number of rotatable bonds is 6. The van der Waals surface area contributed by atoms with E-state index in [1.54, 1.807) is 30.3 Å². The topological polar surface area (TPSA) is 85.1 Å². The van der Waals surface area contributed by atoms with Gasteiger partial charge in [-0.1, -0.05) is 11.6 Å². The summed E-state index contributed by atoms with van der Waals surface area (Å²) in [7, 11) is 0. The van der Waals surface area contributed by atoms with E-state index in [1.165, 1.54) is 6.21 Å². The molecule has 1 amide bonds. The minimum Gasteiger partial charge on any atom is -0.455 e. The number of hydrazone groups is 1. The highest BCUT2D eigenvalue weighted by Crippen LogP contribution is 2.34. The number of furan rings is 1. The molecule has 0 bridgehead atoms. The van der Waals surface area contributed by atoms with Gasteiger partial charge in [0.2, 0.25) is 6.79 Å². The number of carbonyl (C=O) groups excluding carboxylic acids is 1. The third kappa shape index (κ3) is 4.27. The van der Waals surface area contributed by atoms with Gasteiger partial charge in [-0.15, -0.1) is 0 Å². The van der Waals surface area contributed by atoms with Gasteiger partial charge in [0, 0.05) is 22.3 Å². The van der Waals surface area contributed by atoms with E-state index in [2.05, 4.69) is 15.8 Å². The smallest absolute Gasteiger partial charge is 0.259 e. The van der Waals surface area contributed by atoms with Crippen molar-refractivity contribution < 1.29 is 18.7 Å². The first kappa shape index (κ1) is 17.9. The Labute approximate surface area is 165 Å². The Bertz CT molecular complexity index is 1010. The van der Waals surface area contributed by atoms with Crippen molar-refractivity contribution in [2.45, 2.75) is 0 Å². The SMILES string of the molecule is O=C(CNc1ccc2c(c1)OCO2)N/N=C\c1ccc(-c2ccc(Cl)cc2)o1. The van der Waals surface area contributed by atoms with E-state index in [9.17, 15) is 4.79 Å². The molecule has 7 nitrogen and oxygen atoms in total. The summed E-state index contributed by atoms with van der Waals surface area (Å²) in [6.45, 7) is 0.270. The minimum atomic E-state index is -0.293. The Morgan fingerprint density at radius 3 is 2.75 bits per heavy atom. The van der Waals surface area contributed by atoms with Crippen LogP contribution in [0.3, 0.4) is 0 Å². The van der Waals surface area contributed by atoms with E-state index in [0.29, 0.717) is 28.0 Å². The molecule has 142 valence electrons. The van der Waals surface area contributed by atoms with Gasteiger partial charge < -0.3 is 19.2 Å². The lowest BCUT2D eigenvalue weighted by atomic mass is 10.2. The van der Waals surface area contributed by atoms with Gasteiger partial charge >= 0.3 is 0 Å². The van der Waals surface area contributed by atoms with Gasteiger partial charge in [0.05, 0.1) is 12.8 Å². The Hall–Kier alpha value is -3.45. The second-order valence-electron chi connectivity index (χ2n) is 5.92. The Morgan fingerprint density at radius 1 is 1.07 bits per heavy atom. The Morgan fingerprint density at radius 2 is 1.89 bits per heavy atom. The highest BCUT2D eigenvalue weighted by Gasteiger charge is 2.13. The van der Waals surface area contributed by atoms with E-state index in [1.807, 2.05) is 24.3 Å². The van der Waals surface area contributed by atoms with Gasteiger partial charge in [0.15, 0.2) is 11.5 Å². The number of nitrogens with one attached hydrogen (secondary N) is 2. The lowest BCUT2D eigenvalue weighted by Crippen LogP contribution is -2.25. The number of ether oxygens (including phenoxy) is 2. The number of benzene rings is 2. The molecule has 4 rings (SSSR count). The van der Waals surface area contributed by atoms with Gasteiger partial charge in [-0.25, -0.2) is 5.43 Å². The molecule has 0 fully saturated rings. The molecule has 3 aromatic rings. The fraction of sp³-hybridized carbons (Fsp3) is 0.100. The minimum absolute atomic E-state index is 0.0607. The number of amides is 1. The molecular formula is C20H16ClN3O4. The van der Waals surface area contributed by atoms with Gasteiger partial charge in [0.25, 0.3) is 5.91 Å². The van der Waals surface area contributed by atoms with Crippen molar-refractivity contribution in [1.29, 1.82) is 0 Å². The van der Waals surface area contributed by atoms with Crippen LogP contribution in [0.4, 0.5) is 5.69 Å². The number of hydrogen-bond donors (Lipinski definition) is 2. The average Bonchev–Trinajstić information content (AvgIpc) is 3.36. The molecule has 2 aromatic carbocycles. The summed E-state index contributed by atoms with van der Waals surface area (Å²) < 4.78 is 16.2. The maximum atomic E-state index is 11.9. The van der Waals surface area contributed by atoms with Crippen molar-refractivity contribution in [2.75, 3.05) is 18.7 Å². The predicted octanol–water partition coefficient (Wildman–Crippen LogP) is 3.89. The summed E-state index contributed by atoms with van der Waals surface area (Å²) in [5.74, 6) is 2.26. The van der Waals surface area contributed by atoms with E-state index in [0.717, 1.165) is 11.3 Å². The van der Waals surface area contributed by atoms with Crippen molar-refractivity contribution in [1.82, 2.24) is 5.43 Å². The molecule has 2 heterocycles. The van der Waals surface area contributed by atoms with E-state index in [4.69, 9.17) is 25.5 Å².